The molecule has 1 N–H and O–H groups in total. The Labute approximate surface area is 123 Å². The molecule has 4 nitrogen and oxygen atoms in total. The Morgan fingerprint density at radius 1 is 1.15 bits per heavy atom. The highest BCUT2D eigenvalue weighted by molar-refractivity contribution is 8.00. The lowest BCUT2D eigenvalue weighted by atomic mass is 9.89. The van der Waals surface area contributed by atoms with E-state index in [4.69, 9.17) is 5.11 Å². The number of hydrogen-bond donors (Lipinski definition) is 1. The zero-order valence-corrected chi connectivity index (χ0v) is 12.1. The molecule has 0 spiro atoms. The molecule has 1 aliphatic rings. The van der Waals surface area contributed by atoms with Crippen LogP contribution in [-0.2, 0) is 9.59 Å². The Bertz CT molecular complexity index is 455. The molecule has 0 aliphatic carbocycles. The number of piperidine rings is 1. The number of amides is 1. The van der Waals surface area contributed by atoms with Crippen LogP contribution >= 0.6 is 11.8 Å². The minimum Gasteiger partial charge on any atom is -0.481 e. The van der Waals surface area contributed by atoms with Crippen LogP contribution in [0.2, 0.25) is 0 Å². The van der Waals surface area contributed by atoms with Gasteiger partial charge in [0, 0.05) is 13.1 Å². The van der Waals surface area contributed by atoms with Crippen molar-refractivity contribution in [1.29, 1.82) is 0 Å². The van der Waals surface area contributed by atoms with E-state index in [1.54, 1.807) is 0 Å². The van der Waals surface area contributed by atoms with E-state index in [1.807, 2.05) is 11.0 Å². The molecule has 0 unspecified atom stereocenters. The number of aliphatic carboxylic acids is 1. The van der Waals surface area contributed by atoms with Crippen LogP contribution in [0.1, 0.15) is 24.3 Å². The number of carbonyl (C=O) groups is 2. The largest absolute Gasteiger partial charge is 0.481 e. The van der Waals surface area contributed by atoms with Crippen molar-refractivity contribution in [2.24, 2.45) is 0 Å². The molecule has 0 atom stereocenters. The second-order valence-corrected chi connectivity index (χ2v) is 5.94. The zero-order valence-electron chi connectivity index (χ0n) is 11.3. The van der Waals surface area contributed by atoms with E-state index in [0.717, 1.165) is 25.9 Å². The van der Waals surface area contributed by atoms with E-state index in [-0.39, 0.29) is 17.4 Å². The summed E-state index contributed by atoms with van der Waals surface area (Å²) >= 11 is 1.17. The molecule has 5 heteroatoms. The fourth-order valence-electron chi connectivity index (χ4n) is 2.50. The Kier molecular flexibility index (Phi) is 5.47. The van der Waals surface area contributed by atoms with Gasteiger partial charge in [-0.25, -0.2) is 0 Å². The molecule has 20 heavy (non-hydrogen) atoms. The van der Waals surface area contributed by atoms with E-state index in [2.05, 4.69) is 24.3 Å². The standard InChI is InChI=1S/C15H19NO3S/c17-14(10-20-11-15(18)19)16-8-6-13(7-9-16)12-4-2-1-3-5-12/h1-5,13H,6-11H2,(H,18,19). The number of carboxylic acids is 1. The van der Waals surface area contributed by atoms with Crippen molar-refractivity contribution in [3.8, 4) is 0 Å². The molecule has 1 saturated heterocycles. The molecular formula is C15H19NO3S. The average molecular weight is 293 g/mol. The first kappa shape index (κ1) is 14.9. The second-order valence-electron chi connectivity index (χ2n) is 4.95. The summed E-state index contributed by atoms with van der Waals surface area (Å²) in [6.45, 7) is 1.54. The highest BCUT2D eigenvalue weighted by atomic mass is 32.2. The first-order valence-electron chi connectivity index (χ1n) is 6.79. The summed E-state index contributed by atoms with van der Waals surface area (Å²) in [6.07, 6.45) is 1.97. The van der Waals surface area contributed by atoms with Crippen LogP contribution in [0.15, 0.2) is 30.3 Å². The first-order chi connectivity index (χ1) is 9.66. The smallest absolute Gasteiger partial charge is 0.313 e. The maximum Gasteiger partial charge on any atom is 0.313 e. The minimum absolute atomic E-state index is 0.00772. The number of likely N-dealkylation sites (tertiary alicyclic amines) is 1. The third kappa shape index (κ3) is 4.27. The van der Waals surface area contributed by atoms with E-state index in [0.29, 0.717) is 5.92 Å². The van der Waals surface area contributed by atoms with Crippen LogP contribution in [0.3, 0.4) is 0 Å². The lowest BCUT2D eigenvalue weighted by Gasteiger charge is -2.32. The quantitative estimate of drug-likeness (QED) is 0.904. The normalized spacial score (nSPS) is 16.1. The van der Waals surface area contributed by atoms with E-state index >= 15 is 0 Å². The van der Waals surface area contributed by atoms with Gasteiger partial charge in [0.1, 0.15) is 0 Å². The number of hydrogen-bond acceptors (Lipinski definition) is 3. The lowest BCUT2D eigenvalue weighted by Crippen LogP contribution is -2.39. The van der Waals surface area contributed by atoms with Gasteiger partial charge in [0.05, 0.1) is 11.5 Å². The molecule has 108 valence electrons. The van der Waals surface area contributed by atoms with Gasteiger partial charge in [0.25, 0.3) is 0 Å². The highest BCUT2D eigenvalue weighted by Crippen LogP contribution is 2.27. The van der Waals surface area contributed by atoms with Crippen LogP contribution < -0.4 is 0 Å². The number of carboxylic acid groups (broad SMARTS) is 1. The molecule has 1 heterocycles. The van der Waals surface area contributed by atoms with E-state index < -0.39 is 5.97 Å². The Morgan fingerprint density at radius 3 is 2.40 bits per heavy atom. The van der Waals surface area contributed by atoms with Crippen molar-refractivity contribution in [3.63, 3.8) is 0 Å². The van der Waals surface area contributed by atoms with Crippen LogP contribution in [0, 0.1) is 0 Å². The summed E-state index contributed by atoms with van der Waals surface area (Å²) < 4.78 is 0. The molecule has 0 radical (unpaired) electrons. The summed E-state index contributed by atoms with van der Waals surface area (Å²) in [7, 11) is 0. The van der Waals surface area contributed by atoms with Gasteiger partial charge in [0.2, 0.25) is 5.91 Å². The van der Waals surface area contributed by atoms with Gasteiger partial charge < -0.3 is 10.0 Å². The van der Waals surface area contributed by atoms with Crippen LogP contribution in [0.25, 0.3) is 0 Å². The van der Waals surface area contributed by atoms with E-state index in [1.165, 1.54) is 17.3 Å². The summed E-state index contributed by atoms with van der Waals surface area (Å²) in [4.78, 5) is 24.2. The zero-order chi connectivity index (χ0) is 14.4. The highest BCUT2D eigenvalue weighted by Gasteiger charge is 2.23. The molecule has 1 aromatic rings. The molecule has 1 aromatic carbocycles. The SMILES string of the molecule is O=C(O)CSCC(=O)N1CCC(c2ccccc2)CC1. The summed E-state index contributed by atoms with van der Waals surface area (Å²) in [5.74, 6) is -0.0191. The van der Waals surface area contributed by atoms with Gasteiger partial charge in [-0.1, -0.05) is 30.3 Å². The predicted molar refractivity (Wildman–Crippen MR) is 80.0 cm³/mol. The molecule has 2 rings (SSSR count). The third-order valence-electron chi connectivity index (χ3n) is 3.57. The minimum atomic E-state index is -0.870. The van der Waals surface area contributed by atoms with Crippen molar-refractivity contribution >= 4 is 23.6 Å². The number of thioether (sulfide) groups is 1. The summed E-state index contributed by atoms with van der Waals surface area (Å²) in [5, 5.41) is 8.55. The topological polar surface area (TPSA) is 57.6 Å². The van der Waals surface area contributed by atoms with Crippen LogP contribution in [-0.4, -0.2) is 46.5 Å². The van der Waals surface area contributed by atoms with Crippen molar-refractivity contribution < 1.29 is 14.7 Å². The maximum atomic E-state index is 11.9. The third-order valence-corrected chi connectivity index (χ3v) is 4.47. The Hall–Kier alpha value is -1.49. The first-order valence-corrected chi connectivity index (χ1v) is 7.94. The number of nitrogens with zero attached hydrogens (tertiary/aromatic N) is 1. The number of carbonyl (C=O) groups excluding carboxylic acids is 1. The maximum absolute atomic E-state index is 11.9. The van der Waals surface area contributed by atoms with Gasteiger partial charge >= 0.3 is 5.97 Å². The summed E-state index contributed by atoms with van der Waals surface area (Å²) in [6, 6.07) is 10.4. The Balaban J connectivity index is 1.76. The van der Waals surface area contributed by atoms with Gasteiger partial charge in [-0.15, -0.1) is 11.8 Å². The fourth-order valence-corrected chi connectivity index (χ4v) is 3.14. The molecule has 1 fully saturated rings. The molecular weight excluding hydrogens is 274 g/mol. The fraction of sp³-hybridized carbons (Fsp3) is 0.467. The molecule has 1 amide bonds. The molecule has 1 aliphatic heterocycles. The van der Waals surface area contributed by atoms with Gasteiger partial charge in [0.15, 0.2) is 0 Å². The Morgan fingerprint density at radius 2 is 1.80 bits per heavy atom. The van der Waals surface area contributed by atoms with Gasteiger partial charge in [-0.2, -0.15) is 0 Å². The lowest BCUT2D eigenvalue weighted by molar-refractivity contribution is -0.133. The molecule has 0 aromatic heterocycles. The van der Waals surface area contributed by atoms with Crippen molar-refractivity contribution in [1.82, 2.24) is 4.90 Å². The van der Waals surface area contributed by atoms with Crippen LogP contribution in [0.4, 0.5) is 0 Å². The van der Waals surface area contributed by atoms with Crippen molar-refractivity contribution in [2.75, 3.05) is 24.6 Å². The van der Waals surface area contributed by atoms with Crippen LogP contribution in [0.5, 0.6) is 0 Å². The number of benzene rings is 1. The molecule has 0 bridgehead atoms. The van der Waals surface area contributed by atoms with Crippen molar-refractivity contribution in [2.45, 2.75) is 18.8 Å². The van der Waals surface area contributed by atoms with E-state index in [9.17, 15) is 9.59 Å². The average Bonchev–Trinajstić information content (AvgIpc) is 2.48. The second kappa shape index (κ2) is 7.33. The molecule has 0 saturated carbocycles. The number of rotatable bonds is 5. The monoisotopic (exact) mass is 293 g/mol. The van der Waals surface area contributed by atoms with Gasteiger partial charge in [-0.3, -0.25) is 9.59 Å². The predicted octanol–water partition coefficient (Wildman–Crippen LogP) is 2.21. The van der Waals surface area contributed by atoms with Gasteiger partial charge in [-0.05, 0) is 24.3 Å². The van der Waals surface area contributed by atoms with Crippen molar-refractivity contribution in [3.05, 3.63) is 35.9 Å². The summed E-state index contributed by atoms with van der Waals surface area (Å²) in [5.41, 5.74) is 1.35.